The van der Waals surface area contributed by atoms with Crippen molar-refractivity contribution >= 4 is 28.3 Å². The number of imidazole rings is 1. The van der Waals surface area contributed by atoms with Gasteiger partial charge in [-0.25, -0.2) is 4.98 Å². The predicted molar refractivity (Wildman–Crippen MR) is 132 cm³/mol. The molecule has 0 bridgehead atoms. The van der Waals surface area contributed by atoms with Crippen LogP contribution in [0.25, 0.3) is 11.0 Å². The first-order valence-electron chi connectivity index (χ1n) is 11.2. The summed E-state index contributed by atoms with van der Waals surface area (Å²) in [5.74, 6) is 0.700. The SMILES string of the molecule is Cc1ccc(OCCn2c(CCNC(=O)c3cc([N+](=O)[O-])ccc3[N+](=O)[O-])nc3ccccc32)cc1. The third-order valence-electron chi connectivity index (χ3n) is 5.60. The van der Waals surface area contributed by atoms with Gasteiger partial charge in [-0.15, -0.1) is 0 Å². The first-order chi connectivity index (χ1) is 17.3. The van der Waals surface area contributed by atoms with Gasteiger partial charge in [0.05, 0.1) is 27.4 Å². The van der Waals surface area contributed by atoms with E-state index in [4.69, 9.17) is 4.74 Å². The molecule has 11 nitrogen and oxygen atoms in total. The van der Waals surface area contributed by atoms with E-state index in [0.29, 0.717) is 25.4 Å². The van der Waals surface area contributed by atoms with Gasteiger partial charge in [-0.05, 0) is 31.2 Å². The number of aryl methyl sites for hydroxylation is 1. The highest BCUT2D eigenvalue weighted by molar-refractivity contribution is 5.98. The van der Waals surface area contributed by atoms with Crippen molar-refractivity contribution in [1.82, 2.24) is 14.9 Å². The summed E-state index contributed by atoms with van der Waals surface area (Å²) in [4.78, 5) is 38.2. The van der Waals surface area contributed by atoms with Crippen LogP contribution in [0.3, 0.4) is 0 Å². The van der Waals surface area contributed by atoms with E-state index >= 15 is 0 Å². The van der Waals surface area contributed by atoms with Crippen molar-refractivity contribution in [3.8, 4) is 5.75 Å². The maximum Gasteiger partial charge on any atom is 0.282 e. The lowest BCUT2D eigenvalue weighted by Gasteiger charge is -2.11. The first kappa shape index (κ1) is 24.3. The van der Waals surface area contributed by atoms with Crippen molar-refractivity contribution in [1.29, 1.82) is 0 Å². The molecule has 3 aromatic carbocycles. The van der Waals surface area contributed by atoms with Gasteiger partial charge in [0.25, 0.3) is 17.3 Å². The Hall–Kier alpha value is -4.80. The molecule has 0 saturated heterocycles. The van der Waals surface area contributed by atoms with Crippen LogP contribution in [-0.2, 0) is 13.0 Å². The molecule has 0 fully saturated rings. The van der Waals surface area contributed by atoms with E-state index in [9.17, 15) is 25.0 Å². The molecule has 1 N–H and O–H groups in total. The van der Waals surface area contributed by atoms with Crippen molar-refractivity contribution in [2.24, 2.45) is 0 Å². The quantitative estimate of drug-likeness (QED) is 0.260. The van der Waals surface area contributed by atoms with E-state index in [1.54, 1.807) is 0 Å². The molecule has 36 heavy (non-hydrogen) atoms. The third kappa shape index (κ3) is 5.46. The fraction of sp³-hybridized carbons (Fsp3) is 0.200. The van der Waals surface area contributed by atoms with Crippen LogP contribution in [-0.4, -0.2) is 38.5 Å². The van der Waals surface area contributed by atoms with E-state index in [0.717, 1.165) is 40.5 Å². The number of ether oxygens (including phenoxy) is 1. The molecule has 1 heterocycles. The number of benzene rings is 3. The van der Waals surface area contributed by atoms with Gasteiger partial charge in [-0.3, -0.25) is 25.0 Å². The number of para-hydroxylation sites is 2. The van der Waals surface area contributed by atoms with Crippen LogP contribution >= 0.6 is 0 Å². The number of fused-ring (bicyclic) bond motifs is 1. The standard InChI is InChI=1S/C25H23N5O6/c1-17-6-9-19(10-7-17)36-15-14-28-23-5-3-2-4-21(23)27-24(28)12-13-26-25(31)20-16-18(29(32)33)8-11-22(20)30(34)35/h2-11,16H,12-15H2,1H3,(H,26,31). The number of nitro groups is 2. The molecule has 0 saturated carbocycles. The molecule has 0 atom stereocenters. The van der Waals surface area contributed by atoms with Crippen molar-refractivity contribution in [2.75, 3.05) is 13.2 Å². The van der Waals surface area contributed by atoms with Gasteiger partial charge >= 0.3 is 0 Å². The van der Waals surface area contributed by atoms with Crippen LogP contribution in [0.5, 0.6) is 5.75 Å². The van der Waals surface area contributed by atoms with Crippen LogP contribution in [0, 0.1) is 27.2 Å². The normalized spacial score (nSPS) is 10.8. The second-order valence-corrected chi connectivity index (χ2v) is 8.05. The minimum atomic E-state index is -0.768. The fourth-order valence-corrected chi connectivity index (χ4v) is 3.82. The maximum atomic E-state index is 12.7. The molecular weight excluding hydrogens is 466 g/mol. The van der Waals surface area contributed by atoms with Crippen LogP contribution in [0.15, 0.2) is 66.7 Å². The molecule has 0 aliphatic carbocycles. The summed E-state index contributed by atoms with van der Waals surface area (Å²) >= 11 is 0. The lowest BCUT2D eigenvalue weighted by atomic mass is 10.1. The number of nitrogens with zero attached hydrogens (tertiary/aromatic N) is 4. The lowest BCUT2D eigenvalue weighted by Crippen LogP contribution is -2.27. The van der Waals surface area contributed by atoms with E-state index in [-0.39, 0.29) is 12.1 Å². The van der Waals surface area contributed by atoms with Crippen molar-refractivity contribution in [3.05, 3.63) is 104 Å². The van der Waals surface area contributed by atoms with Gasteiger partial charge in [0.15, 0.2) is 0 Å². The molecule has 4 rings (SSSR count). The smallest absolute Gasteiger partial charge is 0.282 e. The van der Waals surface area contributed by atoms with E-state index in [1.807, 2.05) is 60.0 Å². The van der Waals surface area contributed by atoms with Crippen molar-refractivity contribution < 1.29 is 19.4 Å². The van der Waals surface area contributed by atoms with Crippen LogP contribution in [0.1, 0.15) is 21.7 Å². The molecule has 11 heteroatoms. The number of non-ortho nitro benzene ring substituents is 1. The molecule has 0 radical (unpaired) electrons. The number of rotatable bonds is 10. The summed E-state index contributed by atoms with van der Waals surface area (Å²) in [5, 5.41) is 25.0. The maximum absolute atomic E-state index is 12.7. The molecular formula is C25H23N5O6. The summed E-state index contributed by atoms with van der Waals surface area (Å²) in [6.45, 7) is 3.06. The van der Waals surface area contributed by atoms with Gasteiger partial charge in [-0.1, -0.05) is 29.8 Å². The number of amides is 1. The number of hydrogen-bond donors (Lipinski definition) is 1. The monoisotopic (exact) mass is 489 g/mol. The summed E-state index contributed by atoms with van der Waals surface area (Å²) in [7, 11) is 0. The number of nitro benzene ring substituents is 2. The highest BCUT2D eigenvalue weighted by atomic mass is 16.6. The number of aromatic nitrogens is 2. The molecule has 0 spiro atoms. The Kier molecular flexibility index (Phi) is 7.19. The molecule has 4 aromatic rings. The first-order valence-corrected chi connectivity index (χ1v) is 11.2. The van der Waals surface area contributed by atoms with E-state index < -0.39 is 27.1 Å². The Labute approximate surface area is 205 Å². The Morgan fingerprint density at radius 3 is 2.50 bits per heavy atom. The highest BCUT2D eigenvalue weighted by Gasteiger charge is 2.24. The summed E-state index contributed by atoms with van der Waals surface area (Å²) in [6, 6.07) is 18.3. The van der Waals surface area contributed by atoms with Gasteiger partial charge in [0, 0.05) is 31.2 Å². The molecule has 0 aliphatic heterocycles. The third-order valence-corrected chi connectivity index (χ3v) is 5.60. The van der Waals surface area contributed by atoms with Crippen LogP contribution < -0.4 is 10.1 Å². The average molecular weight is 489 g/mol. The Balaban J connectivity index is 1.46. The second kappa shape index (κ2) is 10.6. The van der Waals surface area contributed by atoms with Gasteiger partial charge in [-0.2, -0.15) is 0 Å². The zero-order valence-corrected chi connectivity index (χ0v) is 19.4. The zero-order valence-electron chi connectivity index (χ0n) is 19.4. The zero-order chi connectivity index (χ0) is 25.7. The number of nitrogens with one attached hydrogen (secondary N) is 1. The molecule has 0 aliphatic rings. The number of carbonyl (C=O) groups is 1. The molecule has 184 valence electrons. The largest absolute Gasteiger partial charge is 0.492 e. The van der Waals surface area contributed by atoms with Crippen LogP contribution in [0.4, 0.5) is 11.4 Å². The topological polar surface area (TPSA) is 142 Å². The number of carbonyl (C=O) groups excluding carboxylic acids is 1. The predicted octanol–water partition coefficient (Wildman–Crippen LogP) is 4.21. The van der Waals surface area contributed by atoms with Gasteiger partial charge in [0.2, 0.25) is 0 Å². The highest BCUT2D eigenvalue weighted by Crippen LogP contribution is 2.24. The summed E-state index contributed by atoms with van der Waals surface area (Å²) < 4.78 is 7.87. The Bertz CT molecular complexity index is 1430. The molecule has 1 aromatic heterocycles. The molecule has 0 unspecified atom stereocenters. The fourth-order valence-electron chi connectivity index (χ4n) is 3.82. The van der Waals surface area contributed by atoms with Crippen LogP contribution in [0.2, 0.25) is 0 Å². The minimum Gasteiger partial charge on any atom is -0.492 e. The van der Waals surface area contributed by atoms with E-state index in [2.05, 4.69) is 10.3 Å². The van der Waals surface area contributed by atoms with Crippen molar-refractivity contribution in [3.63, 3.8) is 0 Å². The summed E-state index contributed by atoms with van der Waals surface area (Å²) in [5.41, 5.74) is 1.58. The molecule has 1 amide bonds. The minimum absolute atomic E-state index is 0.126. The Morgan fingerprint density at radius 1 is 1.03 bits per heavy atom. The van der Waals surface area contributed by atoms with Gasteiger partial charge in [0.1, 0.15) is 23.7 Å². The summed E-state index contributed by atoms with van der Waals surface area (Å²) in [6.07, 6.45) is 0.341. The van der Waals surface area contributed by atoms with E-state index in [1.165, 1.54) is 0 Å². The average Bonchev–Trinajstić information content (AvgIpc) is 3.22. The second-order valence-electron chi connectivity index (χ2n) is 8.05. The Morgan fingerprint density at radius 2 is 1.78 bits per heavy atom. The lowest BCUT2D eigenvalue weighted by molar-refractivity contribution is -0.389. The van der Waals surface area contributed by atoms with Crippen molar-refractivity contribution in [2.45, 2.75) is 19.9 Å². The van der Waals surface area contributed by atoms with Gasteiger partial charge < -0.3 is 14.6 Å². The number of hydrogen-bond acceptors (Lipinski definition) is 7.